The second kappa shape index (κ2) is 6.25. The zero-order chi connectivity index (χ0) is 13.7. The van der Waals surface area contributed by atoms with Gasteiger partial charge in [-0.25, -0.2) is 0 Å². The highest BCUT2D eigenvalue weighted by Crippen LogP contribution is 2.06. The largest absolute Gasteiger partial charge is 0.293 e. The van der Waals surface area contributed by atoms with Crippen LogP contribution in [0.25, 0.3) is 0 Å². The molecule has 0 spiro atoms. The number of benzene rings is 1. The standard InChI is InChI=1S/C16H18N2O/c1-13-6-5-7-14(10-13)16(19)12-18(2)11-15-8-3-4-9-17-15/h3-10H,11-12H2,1-2H3. The van der Waals surface area contributed by atoms with Crippen LogP contribution in [-0.2, 0) is 6.54 Å². The number of hydrogen-bond donors (Lipinski definition) is 0. The van der Waals surface area contributed by atoms with Crippen LogP contribution in [0, 0.1) is 6.92 Å². The lowest BCUT2D eigenvalue weighted by Gasteiger charge is -2.15. The van der Waals surface area contributed by atoms with Gasteiger partial charge in [0.1, 0.15) is 0 Å². The van der Waals surface area contributed by atoms with Crippen molar-refractivity contribution in [3.05, 3.63) is 65.5 Å². The maximum atomic E-state index is 12.1. The molecule has 0 saturated heterocycles. The normalized spacial score (nSPS) is 10.7. The summed E-state index contributed by atoms with van der Waals surface area (Å²) in [7, 11) is 1.93. The Kier molecular flexibility index (Phi) is 4.42. The van der Waals surface area contributed by atoms with Crippen molar-refractivity contribution in [3.8, 4) is 0 Å². The molecule has 0 aliphatic heterocycles. The van der Waals surface area contributed by atoms with Gasteiger partial charge in [0.05, 0.1) is 12.2 Å². The van der Waals surface area contributed by atoms with E-state index in [1.807, 2.05) is 61.3 Å². The minimum Gasteiger partial charge on any atom is -0.293 e. The van der Waals surface area contributed by atoms with Crippen molar-refractivity contribution in [1.82, 2.24) is 9.88 Å². The van der Waals surface area contributed by atoms with Crippen molar-refractivity contribution in [2.45, 2.75) is 13.5 Å². The van der Waals surface area contributed by atoms with Gasteiger partial charge in [-0.15, -0.1) is 0 Å². The summed E-state index contributed by atoms with van der Waals surface area (Å²) in [5.41, 5.74) is 2.85. The molecule has 0 bridgehead atoms. The number of aromatic nitrogens is 1. The van der Waals surface area contributed by atoms with E-state index in [2.05, 4.69) is 4.98 Å². The van der Waals surface area contributed by atoms with Crippen molar-refractivity contribution in [1.29, 1.82) is 0 Å². The number of rotatable bonds is 5. The van der Waals surface area contributed by atoms with Crippen LogP contribution in [0.3, 0.4) is 0 Å². The van der Waals surface area contributed by atoms with E-state index in [-0.39, 0.29) is 5.78 Å². The lowest BCUT2D eigenvalue weighted by molar-refractivity contribution is 0.0942. The number of likely N-dealkylation sites (N-methyl/N-ethyl adjacent to an activating group) is 1. The van der Waals surface area contributed by atoms with Crippen LogP contribution < -0.4 is 0 Å². The van der Waals surface area contributed by atoms with E-state index < -0.39 is 0 Å². The van der Waals surface area contributed by atoms with Gasteiger partial charge in [0.15, 0.2) is 5.78 Å². The number of aryl methyl sites for hydroxylation is 1. The van der Waals surface area contributed by atoms with Gasteiger partial charge in [-0.3, -0.25) is 14.7 Å². The van der Waals surface area contributed by atoms with Gasteiger partial charge in [0.2, 0.25) is 0 Å². The fourth-order valence-corrected chi connectivity index (χ4v) is 1.98. The van der Waals surface area contributed by atoms with E-state index in [4.69, 9.17) is 0 Å². The van der Waals surface area contributed by atoms with Gasteiger partial charge in [0.25, 0.3) is 0 Å². The average molecular weight is 254 g/mol. The molecular weight excluding hydrogens is 236 g/mol. The molecule has 0 radical (unpaired) electrons. The second-order valence-corrected chi connectivity index (χ2v) is 4.79. The van der Waals surface area contributed by atoms with Gasteiger partial charge in [-0.05, 0) is 32.2 Å². The molecule has 0 N–H and O–H groups in total. The molecule has 0 fully saturated rings. The van der Waals surface area contributed by atoms with Gasteiger partial charge in [-0.1, -0.05) is 29.8 Å². The van der Waals surface area contributed by atoms with Crippen LogP contribution in [0.2, 0.25) is 0 Å². The maximum absolute atomic E-state index is 12.1. The van der Waals surface area contributed by atoms with Crippen LogP contribution in [0.1, 0.15) is 21.6 Å². The van der Waals surface area contributed by atoms with E-state index >= 15 is 0 Å². The number of carbonyl (C=O) groups is 1. The third-order valence-corrected chi connectivity index (χ3v) is 2.91. The van der Waals surface area contributed by atoms with E-state index in [0.29, 0.717) is 13.1 Å². The van der Waals surface area contributed by atoms with E-state index in [9.17, 15) is 4.79 Å². The number of nitrogens with zero attached hydrogens (tertiary/aromatic N) is 2. The number of ketones is 1. The molecule has 1 aromatic heterocycles. The topological polar surface area (TPSA) is 33.2 Å². The van der Waals surface area contributed by atoms with Crippen molar-refractivity contribution in [3.63, 3.8) is 0 Å². The predicted octanol–water partition coefficient (Wildman–Crippen LogP) is 2.70. The quantitative estimate of drug-likeness (QED) is 0.769. The number of carbonyl (C=O) groups excluding carboxylic acids is 1. The highest BCUT2D eigenvalue weighted by Gasteiger charge is 2.10. The highest BCUT2D eigenvalue weighted by molar-refractivity contribution is 5.97. The SMILES string of the molecule is Cc1cccc(C(=O)CN(C)Cc2ccccn2)c1. The molecule has 98 valence electrons. The predicted molar refractivity (Wildman–Crippen MR) is 76.1 cm³/mol. The molecule has 0 atom stereocenters. The summed E-state index contributed by atoms with van der Waals surface area (Å²) < 4.78 is 0. The van der Waals surface area contributed by atoms with Crippen molar-refractivity contribution in [2.24, 2.45) is 0 Å². The van der Waals surface area contributed by atoms with Crippen LogP contribution in [0.5, 0.6) is 0 Å². The minimum absolute atomic E-state index is 0.141. The zero-order valence-electron chi connectivity index (χ0n) is 11.3. The first-order valence-electron chi connectivity index (χ1n) is 6.33. The van der Waals surface area contributed by atoms with Crippen LogP contribution >= 0.6 is 0 Å². The Bertz CT molecular complexity index is 552. The zero-order valence-corrected chi connectivity index (χ0v) is 11.3. The minimum atomic E-state index is 0.141. The number of Topliss-reactive ketones (excluding diaryl/α,β-unsaturated/α-hetero) is 1. The Labute approximate surface area is 113 Å². The lowest BCUT2D eigenvalue weighted by atomic mass is 10.1. The Morgan fingerprint density at radius 2 is 2.05 bits per heavy atom. The molecule has 0 saturated carbocycles. The molecule has 2 rings (SSSR count). The van der Waals surface area contributed by atoms with Crippen molar-refractivity contribution >= 4 is 5.78 Å². The van der Waals surface area contributed by atoms with Gasteiger partial charge in [0, 0.05) is 18.3 Å². The monoisotopic (exact) mass is 254 g/mol. The molecular formula is C16H18N2O. The molecule has 0 amide bonds. The molecule has 0 aliphatic carbocycles. The first-order chi connectivity index (χ1) is 9.15. The Hall–Kier alpha value is -2.00. The third-order valence-electron chi connectivity index (χ3n) is 2.91. The fraction of sp³-hybridized carbons (Fsp3) is 0.250. The average Bonchev–Trinajstić information content (AvgIpc) is 2.39. The number of pyridine rings is 1. The smallest absolute Gasteiger partial charge is 0.176 e. The molecule has 1 aromatic carbocycles. The van der Waals surface area contributed by atoms with E-state index in [1.165, 1.54) is 0 Å². The van der Waals surface area contributed by atoms with Crippen LogP contribution in [0.4, 0.5) is 0 Å². The maximum Gasteiger partial charge on any atom is 0.176 e. The molecule has 0 aliphatic rings. The van der Waals surface area contributed by atoms with Gasteiger partial charge in [-0.2, -0.15) is 0 Å². The summed E-state index contributed by atoms with van der Waals surface area (Å²) in [5.74, 6) is 0.141. The molecule has 3 heteroatoms. The third kappa shape index (κ3) is 4.00. The Morgan fingerprint density at radius 1 is 1.21 bits per heavy atom. The summed E-state index contributed by atoms with van der Waals surface area (Å²) >= 11 is 0. The highest BCUT2D eigenvalue weighted by atomic mass is 16.1. The second-order valence-electron chi connectivity index (χ2n) is 4.79. The lowest BCUT2D eigenvalue weighted by Crippen LogP contribution is -2.26. The van der Waals surface area contributed by atoms with Gasteiger partial charge < -0.3 is 0 Å². The molecule has 0 unspecified atom stereocenters. The number of hydrogen-bond acceptors (Lipinski definition) is 3. The Morgan fingerprint density at radius 3 is 2.74 bits per heavy atom. The summed E-state index contributed by atoms with van der Waals surface area (Å²) in [6.07, 6.45) is 1.77. The summed E-state index contributed by atoms with van der Waals surface area (Å²) in [5, 5.41) is 0. The molecule has 19 heavy (non-hydrogen) atoms. The van der Waals surface area contributed by atoms with E-state index in [0.717, 1.165) is 16.8 Å². The van der Waals surface area contributed by atoms with Crippen molar-refractivity contribution < 1.29 is 4.79 Å². The summed E-state index contributed by atoms with van der Waals surface area (Å²) in [4.78, 5) is 18.4. The first kappa shape index (κ1) is 13.4. The summed E-state index contributed by atoms with van der Waals surface area (Å²) in [6, 6.07) is 13.5. The van der Waals surface area contributed by atoms with Crippen molar-refractivity contribution in [2.75, 3.05) is 13.6 Å². The fourth-order valence-electron chi connectivity index (χ4n) is 1.98. The molecule has 2 aromatic rings. The Balaban J connectivity index is 1.95. The van der Waals surface area contributed by atoms with E-state index in [1.54, 1.807) is 6.20 Å². The van der Waals surface area contributed by atoms with Crippen LogP contribution in [0.15, 0.2) is 48.7 Å². The van der Waals surface area contributed by atoms with Crippen LogP contribution in [-0.4, -0.2) is 29.3 Å². The summed E-state index contributed by atoms with van der Waals surface area (Å²) in [6.45, 7) is 3.08. The molecule has 3 nitrogen and oxygen atoms in total. The molecule has 1 heterocycles. The van der Waals surface area contributed by atoms with Gasteiger partial charge >= 0.3 is 0 Å². The first-order valence-corrected chi connectivity index (χ1v) is 6.33.